The highest BCUT2D eigenvalue weighted by atomic mass is 16.7. The molecule has 1 saturated heterocycles. The van der Waals surface area contributed by atoms with Crippen molar-refractivity contribution >= 4 is 12.1 Å². The summed E-state index contributed by atoms with van der Waals surface area (Å²) in [5.74, 6) is -0.0463. The number of esters is 1. The quantitative estimate of drug-likeness (QED) is 0.604. The number of ether oxygens (including phenoxy) is 2. The second-order valence-electron chi connectivity index (χ2n) is 2.02. The van der Waals surface area contributed by atoms with Crippen LogP contribution >= 0.6 is 0 Å². The fraction of sp³-hybridized carbons (Fsp3) is 0.714. The van der Waals surface area contributed by atoms with Crippen molar-refractivity contribution in [2.24, 2.45) is 0 Å². The van der Waals surface area contributed by atoms with E-state index >= 15 is 0 Å². The molecule has 5 heteroatoms. The fourth-order valence-corrected chi connectivity index (χ4v) is 0.598. The van der Waals surface area contributed by atoms with Gasteiger partial charge >= 0.3 is 12.1 Å². The second kappa shape index (κ2) is 6.45. The van der Waals surface area contributed by atoms with Crippen molar-refractivity contribution in [3.63, 3.8) is 0 Å². The molecule has 1 aliphatic heterocycles. The summed E-state index contributed by atoms with van der Waals surface area (Å²) in [4.78, 5) is 19.4. The Morgan fingerprint density at radius 2 is 2.42 bits per heavy atom. The van der Waals surface area contributed by atoms with E-state index in [9.17, 15) is 9.59 Å². The fourth-order valence-electron chi connectivity index (χ4n) is 0.598. The normalized spacial score (nSPS) is 14.2. The molecular formula is C7H12O5. The highest BCUT2D eigenvalue weighted by Gasteiger charge is 2.08. The Kier molecular flexibility index (Phi) is 5.77. The molecule has 0 aromatic heterocycles. The van der Waals surface area contributed by atoms with Gasteiger partial charge in [-0.05, 0) is 13.3 Å². The average Bonchev–Trinajstić information content (AvgIpc) is 2.40. The first-order chi connectivity index (χ1) is 5.66. The van der Waals surface area contributed by atoms with Crippen molar-refractivity contribution in [2.75, 3.05) is 13.2 Å². The summed E-state index contributed by atoms with van der Waals surface area (Å²) in [7, 11) is 0. The number of carbonyl (C=O) groups is 2. The van der Waals surface area contributed by atoms with Gasteiger partial charge in [-0.25, -0.2) is 4.79 Å². The van der Waals surface area contributed by atoms with Crippen LogP contribution in [0.15, 0.2) is 0 Å². The largest absolute Gasteiger partial charge is 0.505 e. The van der Waals surface area contributed by atoms with Crippen LogP contribution < -0.4 is 0 Å². The first-order valence-corrected chi connectivity index (χ1v) is 3.68. The number of rotatable bonds is 1. The van der Waals surface area contributed by atoms with Crippen LogP contribution in [-0.4, -0.2) is 30.4 Å². The van der Waals surface area contributed by atoms with Gasteiger partial charge in [0.2, 0.25) is 0 Å². The van der Waals surface area contributed by atoms with E-state index < -0.39 is 6.16 Å². The standard InChI is InChI=1S/C4H6O2.C3H6O3/c5-4-2-1-3-6-4;1-2-6-3(4)5/h1-3H2;2H2,1H3,(H,4,5). The third-order valence-electron chi connectivity index (χ3n) is 1.06. The molecule has 0 bridgehead atoms. The van der Waals surface area contributed by atoms with Crippen LogP contribution in [0.25, 0.3) is 0 Å². The van der Waals surface area contributed by atoms with Crippen molar-refractivity contribution in [3.05, 3.63) is 0 Å². The molecule has 0 aromatic carbocycles. The molecule has 70 valence electrons. The zero-order valence-corrected chi connectivity index (χ0v) is 6.91. The number of hydrogen-bond acceptors (Lipinski definition) is 4. The van der Waals surface area contributed by atoms with E-state index in [2.05, 4.69) is 9.47 Å². The van der Waals surface area contributed by atoms with Crippen molar-refractivity contribution < 1.29 is 24.2 Å². The van der Waals surface area contributed by atoms with Gasteiger partial charge in [-0.15, -0.1) is 0 Å². The summed E-state index contributed by atoms with van der Waals surface area (Å²) in [5, 5.41) is 7.69. The van der Waals surface area contributed by atoms with Crippen LogP contribution in [0.1, 0.15) is 19.8 Å². The highest BCUT2D eigenvalue weighted by Crippen LogP contribution is 2.01. The zero-order chi connectivity index (χ0) is 9.40. The summed E-state index contributed by atoms with van der Waals surface area (Å²) >= 11 is 0. The van der Waals surface area contributed by atoms with E-state index in [1.165, 1.54) is 0 Å². The monoisotopic (exact) mass is 176 g/mol. The van der Waals surface area contributed by atoms with Crippen LogP contribution in [0, 0.1) is 0 Å². The van der Waals surface area contributed by atoms with Gasteiger partial charge in [0.1, 0.15) is 0 Å². The Labute approximate surface area is 70.3 Å². The van der Waals surface area contributed by atoms with Crippen molar-refractivity contribution in [2.45, 2.75) is 19.8 Å². The first kappa shape index (κ1) is 10.7. The minimum atomic E-state index is -1.21. The van der Waals surface area contributed by atoms with Gasteiger partial charge in [0, 0.05) is 6.42 Å². The Balaban J connectivity index is 0.000000202. The average molecular weight is 176 g/mol. The molecule has 1 fully saturated rings. The lowest BCUT2D eigenvalue weighted by Crippen LogP contribution is -1.97. The summed E-state index contributed by atoms with van der Waals surface area (Å²) in [5.41, 5.74) is 0. The molecule has 0 radical (unpaired) electrons. The van der Waals surface area contributed by atoms with E-state index in [1.54, 1.807) is 6.92 Å². The maximum atomic E-state index is 10.0. The van der Waals surface area contributed by atoms with Crippen LogP contribution in [0.5, 0.6) is 0 Å². The van der Waals surface area contributed by atoms with Gasteiger partial charge in [0.05, 0.1) is 13.2 Å². The highest BCUT2D eigenvalue weighted by molar-refractivity contribution is 5.70. The molecule has 1 N–H and O–H groups in total. The third kappa shape index (κ3) is 6.85. The number of cyclic esters (lactones) is 1. The first-order valence-electron chi connectivity index (χ1n) is 3.68. The molecule has 1 rings (SSSR count). The summed E-state index contributed by atoms with van der Waals surface area (Å²) in [6, 6.07) is 0. The van der Waals surface area contributed by atoms with Gasteiger partial charge in [-0.3, -0.25) is 4.79 Å². The molecular weight excluding hydrogens is 164 g/mol. The molecule has 12 heavy (non-hydrogen) atoms. The van der Waals surface area contributed by atoms with E-state index in [1.807, 2.05) is 0 Å². The van der Waals surface area contributed by atoms with Crippen LogP contribution in [-0.2, 0) is 14.3 Å². The molecule has 5 nitrogen and oxygen atoms in total. The minimum absolute atomic E-state index is 0.0463. The maximum absolute atomic E-state index is 10.0. The van der Waals surface area contributed by atoms with Crippen LogP contribution in [0.3, 0.4) is 0 Å². The minimum Gasteiger partial charge on any atom is -0.466 e. The zero-order valence-electron chi connectivity index (χ0n) is 6.91. The molecule has 0 atom stereocenters. The topological polar surface area (TPSA) is 72.8 Å². The van der Waals surface area contributed by atoms with Crippen LogP contribution in [0.2, 0.25) is 0 Å². The van der Waals surface area contributed by atoms with Crippen molar-refractivity contribution in [1.29, 1.82) is 0 Å². The predicted molar refractivity (Wildman–Crippen MR) is 39.8 cm³/mol. The van der Waals surface area contributed by atoms with Gasteiger partial charge in [0.15, 0.2) is 0 Å². The smallest absolute Gasteiger partial charge is 0.466 e. The van der Waals surface area contributed by atoms with Gasteiger partial charge < -0.3 is 14.6 Å². The maximum Gasteiger partial charge on any atom is 0.505 e. The van der Waals surface area contributed by atoms with Crippen molar-refractivity contribution in [3.8, 4) is 0 Å². The molecule has 0 unspecified atom stereocenters. The van der Waals surface area contributed by atoms with E-state index in [4.69, 9.17) is 5.11 Å². The molecule has 0 spiro atoms. The summed E-state index contributed by atoms with van der Waals surface area (Å²) in [6.07, 6.45) is 0.330. The van der Waals surface area contributed by atoms with Crippen molar-refractivity contribution in [1.82, 2.24) is 0 Å². The number of carboxylic acid groups (broad SMARTS) is 1. The van der Waals surface area contributed by atoms with Gasteiger partial charge in [-0.2, -0.15) is 0 Å². The molecule has 1 heterocycles. The van der Waals surface area contributed by atoms with E-state index in [0.717, 1.165) is 6.42 Å². The van der Waals surface area contributed by atoms with Gasteiger partial charge in [0.25, 0.3) is 0 Å². The predicted octanol–water partition coefficient (Wildman–Crippen LogP) is 1.02. The Morgan fingerprint density at radius 1 is 1.75 bits per heavy atom. The molecule has 0 amide bonds. The lowest BCUT2D eigenvalue weighted by Gasteiger charge is -1.87. The molecule has 0 aliphatic carbocycles. The van der Waals surface area contributed by atoms with E-state index in [-0.39, 0.29) is 12.6 Å². The second-order valence-corrected chi connectivity index (χ2v) is 2.02. The molecule has 1 aliphatic rings. The Bertz CT molecular complexity index is 146. The number of hydrogen-bond donors (Lipinski definition) is 1. The molecule has 0 aromatic rings. The lowest BCUT2D eigenvalue weighted by molar-refractivity contribution is -0.137. The Hall–Kier alpha value is -1.26. The summed E-state index contributed by atoms with van der Waals surface area (Å²) in [6.45, 7) is 2.49. The van der Waals surface area contributed by atoms with Crippen LogP contribution in [0.4, 0.5) is 4.79 Å². The Morgan fingerprint density at radius 3 is 2.50 bits per heavy atom. The van der Waals surface area contributed by atoms with Gasteiger partial charge in [-0.1, -0.05) is 0 Å². The number of carbonyl (C=O) groups excluding carboxylic acids is 1. The summed E-state index contributed by atoms with van der Waals surface area (Å²) < 4.78 is 8.47. The lowest BCUT2D eigenvalue weighted by atomic mass is 10.4. The SMILES string of the molecule is CCOC(=O)O.O=C1CCCO1. The van der Waals surface area contributed by atoms with E-state index in [0.29, 0.717) is 13.0 Å². The third-order valence-corrected chi connectivity index (χ3v) is 1.06. The molecule has 0 saturated carbocycles.